The molecule has 1 saturated carbocycles. The molecule has 0 heterocycles. The Morgan fingerprint density at radius 2 is 1.79 bits per heavy atom. The van der Waals surface area contributed by atoms with E-state index in [2.05, 4.69) is 5.32 Å². The summed E-state index contributed by atoms with van der Waals surface area (Å²) >= 11 is 0. The second kappa shape index (κ2) is 6.26. The molecule has 0 atom stereocenters. The normalized spacial score (nSPS) is 17.9. The minimum absolute atomic E-state index is 0.251. The molecular formula is C14H25NO4. The summed E-state index contributed by atoms with van der Waals surface area (Å²) in [6.45, 7) is 7.36. The number of nitrogens with one attached hydrogen (secondary N) is 1. The van der Waals surface area contributed by atoms with Crippen LogP contribution >= 0.6 is 0 Å². The number of carbonyl (C=O) groups excluding carboxylic acids is 2. The van der Waals surface area contributed by atoms with Gasteiger partial charge in [-0.2, -0.15) is 0 Å². The average molecular weight is 271 g/mol. The minimum Gasteiger partial charge on any atom is -0.459 e. The molecule has 0 radical (unpaired) electrons. The molecule has 1 N–H and O–H groups in total. The Bertz CT molecular complexity index is 327. The number of hydrogen-bond acceptors (Lipinski definition) is 4. The third-order valence-corrected chi connectivity index (χ3v) is 3.12. The van der Waals surface area contributed by atoms with E-state index in [0.717, 1.165) is 25.7 Å². The Hall–Kier alpha value is -1.26. The topological polar surface area (TPSA) is 64.6 Å². The lowest BCUT2D eigenvalue weighted by molar-refractivity contribution is -0.157. The first-order valence-electron chi connectivity index (χ1n) is 6.89. The summed E-state index contributed by atoms with van der Waals surface area (Å²) in [5.74, 6) is -0.251. The molecule has 0 unspecified atom stereocenters. The molecule has 1 fully saturated rings. The lowest BCUT2D eigenvalue weighted by Gasteiger charge is -2.29. The van der Waals surface area contributed by atoms with Crippen molar-refractivity contribution in [1.82, 2.24) is 5.32 Å². The zero-order valence-corrected chi connectivity index (χ0v) is 12.4. The number of rotatable bonds is 4. The summed E-state index contributed by atoms with van der Waals surface area (Å²) in [7, 11) is 0. The Labute approximate surface area is 115 Å². The minimum atomic E-state index is -0.495. The van der Waals surface area contributed by atoms with Crippen molar-refractivity contribution in [3.63, 3.8) is 0 Å². The van der Waals surface area contributed by atoms with Crippen molar-refractivity contribution >= 4 is 12.1 Å². The number of alkyl carbamates (subject to hydrolysis) is 1. The van der Waals surface area contributed by atoms with Gasteiger partial charge in [0, 0.05) is 19.9 Å². The third kappa shape index (κ3) is 5.94. The second-order valence-corrected chi connectivity index (χ2v) is 6.16. The number of hydrogen-bond donors (Lipinski definition) is 1. The zero-order valence-electron chi connectivity index (χ0n) is 12.4. The van der Waals surface area contributed by atoms with Gasteiger partial charge in [-0.05, 0) is 46.5 Å². The molecule has 1 aliphatic carbocycles. The van der Waals surface area contributed by atoms with Gasteiger partial charge in [-0.3, -0.25) is 4.79 Å². The van der Waals surface area contributed by atoms with Crippen molar-refractivity contribution in [3.05, 3.63) is 0 Å². The van der Waals surface area contributed by atoms with Crippen LogP contribution in [0.1, 0.15) is 59.8 Å². The van der Waals surface area contributed by atoms with Crippen LogP contribution in [0.25, 0.3) is 0 Å². The first-order valence-corrected chi connectivity index (χ1v) is 6.89. The molecule has 0 aromatic heterocycles. The van der Waals surface area contributed by atoms with Crippen molar-refractivity contribution in [2.24, 2.45) is 0 Å². The van der Waals surface area contributed by atoms with Crippen LogP contribution < -0.4 is 5.32 Å². The Morgan fingerprint density at radius 3 is 2.26 bits per heavy atom. The lowest BCUT2D eigenvalue weighted by Crippen LogP contribution is -2.38. The van der Waals surface area contributed by atoms with E-state index in [1.807, 2.05) is 20.8 Å². The van der Waals surface area contributed by atoms with Gasteiger partial charge in [-0.25, -0.2) is 4.79 Å². The van der Waals surface area contributed by atoms with Gasteiger partial charge in [0.25, 0.3) is 0 Å². The Balaban J connectivity index is 2.37. The summed E-state index contributed by atoms with van der Waals surface area (Å²) in [5.41, 5.74) is -0.883. The van der Waals surface area contributed by atoms with Gasteiger partial charge in [-0.15, -0.1) is 0 Å². The van der Waals surface area contributed by atoms with E-state index >= 15 is 0 Å². The molecule has 0 bridgehead atoms. The molecule has 5 heteroatoms. The average Bonchev–Trinajstić information content (AvgIpc) is 2.62. The molecule has 0 aliphatic heterocycles. The number of esters is 1. The Morgan fingerprint density at radius 1 is 1.21 bits per heavy atom. The van der Waals surface area contributed by atoms with E-state index < -0.39 is 11.7 Å². The van der Waals surface area contributed by atoms with E-state index in [1.165, 1.54) is 6.92 Å². The molecule has 5 nitrogen and oxygen atoms in total. The quantitative estimate of drug-likeness (QED) is 0.798. The first kappa shape index (κ1) is 15.8. The van der Waals surface area contributed by atoms with Crippen LogP contribution in [0.2, 0.25) is 0 Å². The van der Waals surface area contributed by atoms with Gasteiger partial charge in [-0.1, -0.05) is 0 Å². The fraction of sp³-hybridized carbons (Fsp3) is 0.857. The molecule has 1 rings (SSSR count). The lowest BCUT2D eigenvalue weighted by atomic mass is 9.97. The van der Waals surface area contributed by atoms with E-state index in [9.17, 15) is 9.59 Å². The Kier molecular flexibility index (Phi) is 5.20. The first-order chi connectivity index (χ1) is 8.72. The van der Waals surface area contributed by atoms with Crippen molar-refractivity contribution in [1.29, 1.82) is 0 Å². The summed E-state index contributed by atoms with van der Waals surface area (Å²) < 4.78 is 10.6. The molecule has 1 amide bonds. The van der Waals surface area contributed by atoms with Gasteiger partial charge < -0.3 is 14.8 Å². The van der Waals surface area contributed by atoms with E-state index in [0.29, 0.717) is 13.0 Å². The number of ether oxygens (including phenoxy) is 2. The van der Waals surface area contributed by atoms with Gasteiger partial charge in [0.2, 0.25) is 0 Å². The highest BCUT2D eigenvalue weighted by Crippen LogP contribution is 2.35. The van der Waals surface area contributed by atoms with Crippen LogP contribution in [0.4, 0.5) is 4.79 Å². The molecule has 0 aromatic rings. The molecule has 19 heavy (non-hydrogen) atoms. The highest BCUT2D eigenvalue weighted by Gasteiger charge is 2.36. The highest BCUT2D eigenvalue weighted by atomic mass is 16.6. The van der Waals surface area contributed by atoms with Gasteiger partial charge in [0.1, 0.15) is 11.2 Å². The molecule has 0 spiro atoms. The van der Waals surface area contributed by atoms with E-state index in [4.69, 9.17) is 9.47 Å². The maximum atomic E-state index is 11.5. The number of amides is 1. The van der Waals surface area contributed by atoms with Crippen LogP contribution in [0.15, 0.2) is 0 Å². The predicted octanol–water partition coefficient (Wildman–Crippen LogP) is 2.78. The fourth-order valence-corrected chi connectivity index (χ4v) is 2.43. The van der Waals surface area contributed by atoms with Crippen LogP contribution in [0, 0.1) is 0 Å². The molecular weight excluding hydrogens is 246 g/mol. The van der Waals surface area contributed by atoms with Crippen molar-refractivity contribution in [2.75, 3.05) is 6.54 Å². The smallest absolute Gasteiger partial charge is 0.407 e. The maximum absolute atomic E-state index is 11.5. The summed E-state index contributed by atoms with van der Waals surface area (Å²) in [6, 6.07) is 0. The third-order valence-electron chi connectivity index (χ3n) is 3.12. The van der Waals surface area contributed by atoms with Gasteiger partial charge >= 0.3 is 12.1 Å². The molecule has 0 saturated heterocycles. The molecule has 0 aromatic carbocycles. The van der Waals surface area contributed by atoms with Crippen LogP contribution in [-0.4, -0.2) is 29.8 Å². The largest absolute Gasteiger partial charge is 0.459 e. The SMILES string of the molecule is CC(=O)OC1(CCNC(=O)OC(C)(C)C)CCCC1. The fourth-order valence-electron chi connectivity index (χ4n) is 2.43. The van der Waals surface area contributed by atoms with Crippen molar-refractivity contribution in [3.8, 4) is 0 Å². The summed E-state index contributed by atoms with van der Waals surface area (Å²) in [5, 5.41) is 2.71. The summed E-state index contributed by atoms with van der Waals surface area (Å²) in [6.07, 6.45) is 4.11. The van der Waals surface area contributed by atoms with Gasteiger partial charge in [0.15, 0.2) is 0 Å². The number of carbonyl (C=O) groups is 2. The standard InChI is InChI=1S/C14H25NO4/c1-11(16)18-14(7-5-6-8-14)9-10-15-12(17)19-13(2,3)4/h5-10H2,1-4H3,(H,15,17). The second-order valence-electron chi connectivity index (χ2n) is 6.16. The van der Waals surface area contributed by atoms with Gasteiger partial charge in [0.05, 0.1) is 0 Å². The highest BCUT2D eigenvalue weighted by molar-refractivity contribution is 5.68. The van der Waals surface area contributed by atoms with Crippen LogP contribution in [0.5, 0.6) is 0 Å². The van der Waals surface area contributed by atoms with Crippen molar-refractivity contribution < 1.29 is 19.1 Å². The molecule has 110 valence electrons. The maximum Gasteiger partial charge on any atom is 0.407 e. The van der Waals surface area contributed by atoms with E-state index in [1.54, 1.807) is 0 Å². The van der Waals surface area contributed by atoms with Crippen LogP contribution in [0.3, 0.4) is 0 Å². The summed E-state index contributed by atoms with van der Waals surface area (Å²) in [4.78, 5) is 22.7. The van der Waals surface area contributed by atoms with Crippen LogP contribution in [-0.2, 0) is 14.3 Å². The predicted molar refractivity (Wildman–Crippen MR) is 71.8 cm³/mol. The monoisotopic (exact) mass is 271 g/mol. The zero-order chi connectivity index (χ0) is 14.5. The molecule has 1 aliphatic rings. The van der Waals surface area contributed by atoms with E-state index in [-0.39, 0.29) is 11.6 Å². The van der Waals surface area contributed by atoms with Crippen molar-refractivity contribution in [2.45, 2.75) is 71.0 Å².